The van der Waals surface area contributed by atoms with Crippen LogP contribution < -0.4 is 4.74 Å². The van der Waals surface area contributed by atoms with Gasteiger partial charge in [0.2, 0.25) is 0 Å². The van der Waals surface area contributed by atoms with Crippen molar-refractivity contribution < 1.29 is 4.74 Å². The van der Waals surface area contributed by atoms with Crippen LogP contribution in [0.25, 0.3) is 27.9 Å². The lowest BCUT2D eigenvalue weighted by atomic mass is 9.97. The number of nitriles is 1. The number of imidazole rings is 1. The van der Waals surface area contributed by atoms with E-state index in [0.29, 0.717) is 18.1 Å². The highest BCUT2D eigenvalue weighted by Gasteiger charge is 2.22. The minimum atomic E-state index is 0.540. The molecule has 0 amide bonds. The van der Waals surface area contributed by atoms with Gasteiger partial charge in [0.25, 0.3) is 0 Å². The van der Waals surface area contributed by atoms with Crippen LogP contribution in [0.1, 0.15) is 17.5 Å². The fourth-order valence-electron chi connectivity index (χ4n) is 4.49. The SMILES string of the molecule is Cc1ccc(-c2c(-c3ccc(C#N)cc3)cc(OC[C@@H]3CCN(C)C3)c3cncn23)cc1. The first-order valence-electron chi connectivity index (χ1n) is 11.0. The van der Waals surface area contributed by atoms with Crippen molar-refractivity contribution in [1.82, 2.24) is 14.3 Å². The van der Waals surface area contributed by atoms with Crippen molar-refractivity contribution in [2.24, 2.45) is 5.92 Å². The molecule has 0 bridgehead atoms. The minimum Gasteiger partial charge on any atom is -0.491 e. The predicted molar refractivity (Wildman–Crippen MR) is 127 cm³/mol. The molecule has 0 unspecified atom stereocenters. The molecular weight excluding hydrogens is 396 g/mol. The molecule has 0 spiro atoms. The summed E-state index contributed by atoms with van der Waals surface area (Å²) in [7, 11) is 2.16. The number of hydrogen-bond donors (Lipinski definition) is 0. The average Bonchev–Trinajstić information content (AvgIpc) is 3.47. The van der Waals surface area contributed by atoms with Gasteiger partial charge in [-0.05, 0) is 56.3 Å². The summed E-state index contributed by atoms with van der Waals surface area (Å²) in [6.07, 6.45) is 4.89. The van der Waals surface area contributed by atoms with E-state index in [2.05, 4.69) is 64.7 Å². The zero-order valence-corrected chi connectivity index (χ0v) is 18.5. The zero-order valence-electron chi connectivity index (χ0n) is 18.5. The maximum absolute atomic E-state index is 9.22. The number of hydrogen-bond acceptors (Lipinski definition) is 4. The van der Waals surface area contributed by atoms with Crippen LogP contribution in [0.15, 0.2) is 67.1 Å². The predicted octanol–water partition coefficient (Wildman–Crippen LogP) is 5.18. The molecule has 1 atom stereocenters. The van der Waals surface area contributed by atoms with Gasteiger partial charge < -0.3 is 9.64 Å². The fourth-order valence-corrected chi connectivity index (χ4v) is 4.49. The Kier molecular flexibility index (Phi) is 5.38. The second-order valence-corrected chi connectivity index (χ2v) is 8.70. The van der Waals surface area contributed by atoms with Gasteiger partial charge in [0.1, 0.15) is 11.3 Å². The molecule has 5 rings (SSSR count). The highest BCUT2D eigenvalue weighted by molar-refractivity contribution is 5.86. The molecule has 4 aromatic rings. The van der Waals surface area contributed by atoms with E-state index in [-0.39, 0.29) is 0 Å². The van der Waals surface area contributed by atoms with Gasteiger partial charge in [-0.25, -0.2) is 4.98 Å². The van der Waals surface area contributed by atoms with E-state index < -0.39 is 0 Å². The number of rotatable bonds is 5. The lowest BCUT2D eigenvalue weighted by Crippen LogP contribution is -2.18. The quantitative estimate of drug-likeness (QED) is 0.445. The van der Waals surface area contributed by atoms with Crippen molar-refractivity contribution in [1.29, 1.82) is 5.26 Å². The molecule has 1 fully saturated rings. The van der Waals surface area contributed by atoms with E-state index in [1.165, 1.54) is 5.56 Å². The van der Waals surface area contributed by atoms with Gasteiger partial charge in [0.05, 0.1) is 36.5 Å². The lowest BCUT2D eigenvalue weighted by molar-refractivity contribution is 0.251. The highest BCUT2D eigenvalue weighted by atomic mass is 16.5. The van der Waals surface area contributed by atoms with E-state index in [0.717, 1.165) is 53.2 Å². The Hall–Kier alpha value is -3.62. The normalized spacial score (nSPS) is 16.3. The second-order valence-electron chi connectivity index (χ2n) is 8.70. The van der Waals surface area contributed by atoms with Crippen LogP contribution in [0.4, 0.5) is 0 Å². The van der Waals surface area contributed by atoms with Gasteiger partial charge in [-0.2, -0.15) is 5.26 Å². The Morgan fingerprint density at radius 1 is 1.09 bits per heavy atom. The molecule has 0 saturated carbocycles. The molecule has 5 nitrogen and oxygen atoms in total. The molecule has 1 aliphatic heterocycles. The molecule has 160 valence electrons. The number of aryl methyl sites for hydroxylation is 1. The molecule has 0 N–H and O–H groups in total. The third kappa shape index (κ3) is 3.86. The molecule has 32 heavy (non-hydrogen) atoms. The first-order valence-corrected chi connectivity index (χ1v) is 11.0. The zero-order chi connectivity index (χ0) is 22.1. The molecule has 1 saturated heterocycles. The van der Waals surface area contributed by atoms with Gasteiger partial charge in [-0.1, -0.05) is 42.0 Å². The van der Waals surface area contributed by atoms with Crippen molar-refractivity contribution in [2.75, 3.05) is 26.7 Å². The van der Waals surface area contributed by atoms with Crippen molar-refractivity contribution in [3.63, 3.8) is 0 Å². The smallest absolute Gasteiger partial charge is 0.145 e. The van der Waals surface area contributed by atoms with Crippen LogP contribution in [0.2, 0.25) is 0 Å². The Balaban J connectivity index is 1.64. The number of fused-ring (bicyclic) bond motifs is 1. The number of pyridine rings is 1. The summed E-state index contributed by atoms with van der Waals surface area (Å²) in [5, 5.41) is 9.22. The summed E-state index contributed by atoms with van der Waals surface area (Å²) in [6, 6.07) is 20.6. The summed E-state index contributed by atoms with van der Waals surface area (Å²) < 4.78 is 8.51. The lowest BCUT2D eigenvalue weighted by Gasteiger charge is -2.18. The maximum Gasteiger partial charge on any atom is 0.145 e. The number of ether oxygens (including phenoxy) is 1. The maximum atomic E-state index is 9.22. The molecule has 2 aromatic heterocycles. The van der Waals surface area contributed by atoms with Crippen molar-refractivity contribution >= 4 is 5.52 Å². The Morgan fingerprint density at radius 3 is 2.53 bits per heavy atom. The molecule has 3 heterocycles. The van der Waals surface area contributed by atoms with Crippen LogP contribution >= 0.6 is 0 Å². The van der Waals surface area contributed by atoms with Crippen molar-refractivity contribution in [3.8, 4) is 34.2 Å². The third-order valence-electron chi connectivity index (χ3n) is 6.28. The van der Waals surface area contributed by atoms with Crippen LogP contribution in [-0.2, 0) is 0 Å². The van der Waals surface area contributed by atoms with E-state index in [9.17, 15) is 5.26 Å². The Bertz CT molecular complexity index is 1280. The Labute approximate surface area is 188 Å². The van der Waals surface area contributed by atoms with E-state index in [1.54, 1.807) is 0 Å². The summed E-state index contributed by atoms with van der Waals surface area (Å²) >= 11 is 0. The summed E-state index contributed by atoms with van der Waals surface area (Å²) in [5.41, 5.74) is 7.11. The average molecular weight is 423 g/mol. The van der Waals surface area contributed by atoms with Crippen molar-refractivity contribution in [3.05, 3.63) is 78.2 Å². The molecule has 0 radical (unpaired) electrons. The van der Waals surface area contributed by atoms with Gasteiger partial charge in [0, 0.05) is 18.0 Å². The van der Waals surface area contributed by atoms with Crippen molar-refractivity contribution in [2.45, 2.75) is 13.3 Å². The third-order valence-corrected chi connectivity index (χ3v) is 6.28. The van der Waals surface area contributed by atoms with Crippen LogP contribution in [0, 0.1) is 24.2 Å². The first kappa shape index (κ1) is 20.3. The summed E-state index contributed by atoms with van der Waals surface area (Å²) in [4.78, 5) is 6.80. The monoisotopic (exact) mass is 422 g/mol. The van der Waals surface area contributed by atoms with Gasteiger partial charge >= 0.3 is 0 Å². The van der Waals surface area contributed by atoms with E-state index in [1.807, 2.05) is 36.8 Å². The highest BCUT2D eigenvalue weighted by Crippen LogP contribution is 2.38. The van der Waals surface area contributed by atoms with Crippen LogP contribution in [-0.4, -0.2) is 41.0 Å². The number of likely N-dealkylation sites (tertiary alicyclic amines) is 1. The first-order chi connectivity index (χ1) is 15.6. The minimum absolute atomic E-state index is 0.540. The van der Waals surface area contributed by atoms with E-state index >= 15 is 0 Å². The number of benzene rings is 2. The van der Waals surface area contributed by atoms with Crippen LogP contribution in [0.5, 0.6) is 5.75 Å². The summed E-state index contributed by atoms with van der Waals surface area (Å²) in [6.45, 7) is 4.98. The van der Waals surface area contributed by atoms with E-state index in [4.69, 9.17) is 4.74 Å². The van der Waals surface area contributed by atoms with Crippen LogP contribution in [0.3, 0.4) is 0 Å². The molecule has 1 aliphatic rings. The summed E-state index contributed by atoms with van der Waals surface area (Å²) in [5.74, 6) is 1.38. The fraction of sp³-hybridized carbons (Fsp3) is 0.259. The molecule has 5 heteroatoms. The largest absolute Gasteiger partial charge is 0.491 e. The standard InChI is InChI=1S/C27H26N4O/c1-19-3-7-23(8-4-19)27-24(22-9-5-20(14-28)6-10-22)13-26(25-15-29-18-31(25)27)32-17-21-11-12-30(2)16-21/h3-10,13,15,18,21H,11-12,16-17H2,1-2H3/t21-/m1/s1. The van der Waals surface area contributed by atoms with Gasteiger partial charge in [0.15, 0.2) is 0 Å². The Morgan fingerprint density at radius 2 is 1.84 bits per heavy atom. The second kappa shape index (κ2) is 8.49. The molecular formula is C27H26N4O. The number of nitrogens with zero attached hydrogens (tertiary/aromatic N) is 4. The number of aromatic nitrogens is 2. The van der Waals surface area contributed by atoms with Gasteiger partial charge in [-0.3, -0.25) is 4.40 Å². The van der Waals surface area contributed by atoms with Gasteiger partial charge in [-0.15, -0.1) is 0 Å². The topological polar surface area (TPSA) is 53.6 Å². The molecule has 0 aliphatic carbocycles. The molecule has 2 aromatic carbocycles.